The first-order valence-corrected chi connectivity index (χ1v) is 10.4. The van der Waals surface area contributed by atoms with Crippen LogP contribution >= 0.6 is 0 Å². The molecule has 0 aromatic heterocycles. The maximum Gasteiger partial charge on any atom is 0.222 e. The zero-order chi connectivity index (χ0) is 17.8. The van der Waals surface area contributed by atoms with Crippen LogP contribution < -0.4 is 15.4 Å². The van der Waals surface area contributed by atoms with Gasteiger partial charge in [-0.05, 0) is 33.1 Å². The van der Waals surface area contributed by atoms with Gasteiger partial charge in [0.1, 0.15) is 0 Å². The van der Waals surface area contributed by atoms with Crippen molar-refractivity contribution in [3.8, 4) is 0 Å². The minimum Gasteiger partial charge on any atom is -0.357 e. The number of rotatable bonds is 11. The number of nitrogens with zero attached hydrogens (tertiary/aromatic N) is 2. The van der Waals surface area contributed by atoms with E-state index >= 15 is 0 Å². The third kappa shape index (κ3) is 8.49. The Balaban J connectivity index is 2.20. The number of hydrogen-bond acceptors (Lipinski definition) is 4. The van der Waals surface area contributed by atoms with Crippen molar-refractivity contribution in [3.63, 3.8) is 0 Å². The summed E-state index contributed by atoms with van der Waals surface area (Å²) >= 11 is 0. The number of guanidine groups is 1. The van der Waals surface area contributed by atoms with Crippen LogP contribution in [0.15, 0.2) is 4.99 Å². The fourth-order valence-corrected chi connectivity index (χ4v) is 3.02. The molecule has 0 unspecified atom stereocenters. The highest BCUT2D eigenvalue weighted by atomic mass is 32.2. The lowest BCUT2D eigenvalue weighted by molar-refractivity contribution is -0.127. The Bertz CT molecular complexity index is 507. The summed E-state index contributed by atoms with van der Waals surface area (Å²) in [6.45, 7) is 7.72. The van der Waals surface area contributed by atoms with E-state index in [1.165, 1.54) is 0 Å². The summed E-state index contributed by atoms with van der Waals surface area (Å²) in [5.41, 5.74) is 0. The lowest BCUT2D eigenvalue weighted by atomic mass is 10.4. The van der Waals surface area contributed by atoms with Gasteiger partial charge >= 0.3 is 0 Å². The van der Waals surface area contributed by atoms with E-state index in [0.29, 0.717) is 32.5 Å². The van der Waals surface area contributed by atoms with Crippen molar-refractivity contribution in [2.75, 3.05) is 45.0 Å². The van der Waals surface area contributed by atoms with Crippen LogP contribution in [0.4, 0.5) is 0 Å². The Kier molecular flexibility index (Phi) is 9.70. The Morgan fingerprint density at radius 2 is 2.00 bits per heavy atom. The Hall–Kier alpha value is -1.35. The van der Waals surface area contributed by atoms with Crippen molar-refractivity contribution >= 4 is 21.9 Å². The molecular formula is C15H31N5O3S. The predicted molar refractivity (Wildman–Crippen MR) is 96.5 cm³/mol. The van der Waals surface area contributed by atoms with Crippen LogP contribution in [-0.2, 0) is 14.8 Å². The van der Waals surface area contributed by atoms with Gasteiger partial charge in [-0.1, -0.05) is 0 Å². The molecule has 140 valence electrons. The molecule has 1 heterocycles. The lowest BCUT2D eigenvalue weighted by Crippen LogP contribution is -2.39. The van der Waals surface area contributed by atoms with Crippen LogP contribution in [0.2, 0.25) is 0 Å². The number of hydrogen-bond donors (Lipinski definition) is 3. The van der Waals surface area contributed by atoms with E-state index in [-0.39, 0.29) is 11.7 Å². The molecule has 0 aromatic rings. The fourth-order valence-electron chi connectivity index (χ4n) is 2.36. The summed E-state index contributed by atoms with van der Waals surface area (Å²) in [6.07, 6.45) is 3.17. The van der Waals surface area contributed by atoms with E-state index in [2.05, 4.69) is 20.3 Å². The molecule has 1 saturated heterocycles. The maximum absolute atomic E-state index is 11.5. The van der Waals surface area contributed by atoms with E-state index in [9.17, 15) is 13.2 Å². The van der Waals surface area contributed by atoms with Gasteiger partial charge in [0.15, 0.2) is 5.96 Å². The Morgan fingerprint density at radius 3 is 2.62 bits per heavy atom. The number of carbonyl (C=O) groups is 1. The van der Waals surface area contributed by atoms with Gasteiger partial charge in [-0.3, -0.25) is 9.79 Å². The van der Waals surface area contributed by atoms with Crippen molar-refractivity contribution < 1.29 is 13.2 Å². The molecule has 1 aliphatic heterocycles. The van der Waals surface area contributed by atoms with Gasteiger partial charge in [0, 0.05) is 45.7 Å². The van der Waals surface area contributed by atoms with Crippen LogP contribution in [0.5, 0.6) is 0 Å². The third-order valence-corrected chi connectivity index (χ3v) is 5.12. The molecular weight excluding hydrogens is 330 g/mol. The molecule has 24 heavy (non-hydrogen) atoms. The highest BCUT2D eigenvalue weighted by Gasteiger charge is 2.18. The molecule has 0 spiro atoms. The minimum atomic E-state index is -3.12. The van der Waals surface area contributed by atoms with Crippen LogP contribution in [0.3, 0.4) is 0 Å². The molecule has 0 radical (unpaired) electrons. The van der Waals surface area contributed by atoms with Gasteiger partial charge in [0.2, 0.25) is 15.9 Å². The van der Waals surface area contributed by atoms with Gasteiger partial charge in [-0.2, -0.15) is 0 Å². The summed E-state index contributed by atoms with van der Waals surface area (Å²) in [5.74, 6) is 1.08. The van der Waals surface area contributed by atoms with E-state index in [4.69, 9.17) is 0 Å². The first-order chi connectivity index (χ1) is 11.5. The molecule has 9 heteroatoms. The highest BCUT2D eigenvalue weighted by Crippen LogP contribution is 2.09. The van der Waals surface area contributed by atoms with Crippen molar-refractivity contribution in [1.82, 2.24) is 20.3 Å². The largest absolute Gasteiger partial charge is 0.357 e. The fraction of sp³-hybridized carbons (Fsp3) is 0.867. The van der Waals surface area contributed by atoms with Gasteiger partial charge in [-0.15, -0.1) is 0 Å². The second-order valence-electron chi connectivity index (χ2n) is 5.68. The van der Waals surface area contributed by atoms with Crippen molar-refractivity contribution in [2.45, 2.75) is 39.5 Å². The summed E-state index contributed by atoms with van der Waals surface area (Å²) in [7, 11) is -3.12. The summed E-state index contributed by atoms with van der Waals surface area (Å²) < 4.78 is 25.2. The Morgan fingerprint density at radius 1 is 1.21 bits per heavy atom. The van der Waals surface area contributed by atoms with E-state index in [0.717, 1.165) is 38.4 Å². The quantitative estimate of drug-likeness (QED) is 0.271. The molecule has 1 rings (SSSR count). The number of carbonyl (C=O) groups excluding carboxylic acids is 1. The van der Waals surface area contributed by atoms with Gasteiger partial charge in [0.05, 0.1) is 5.75 Å². The lowest BCUT2D eigenvalue weighted by Gasteiger charge is -2.15. The molecule has 0 atom stereocenters. The Labute approximate surface area is 145 Å². The van der Waals surface area contributed by atoms with Crippen molar-refractivity contribution in [1.29, 1.82) is 0 Å². The normalized spacial score (nSPS) is 15.8. The first kappa shape index (κ1) is 20.7. The minimum absolute atomic E-state index is 0.101. The second-order valence-corrected chi connectivity index (χ2v) is 7.77. The summed E-state index contributed by atoms with van der Waals surface area (Å²) in [4.78, 5) is 17.9. The smallest absolute Gasteiger partial charge is 0.222 e. The number of sulfonamides is 1. The zero-order valence-corrected chi connectivity index (χ0v) is 15.6. The van der Waals surface area contributed by atoms with E-state index in [1.54, 1.807) is 6.92 Å². The van der Waals surface area contributed by atoms with Crippen molar-refractivity contribution in [3.05, 3.63) is 0 Å². The van der Waals surface area contributed by atoms with E-state index in [1.807, 2.05) is 11.8 Å². The van der Waals surface area contributed by atoms with Crippen LogP contribution in [0.1, 0.15) is 39.5 Å². The average molecular weight is 362 g/mol. The molecule has 0 aliphatic carbocycles. The standard InChI is InChI=1S/C15H31N5O3S/c1-3-16-15(17-9-6-11-19-24(22,23)4-2)18-10-7-13-20-12-5-8-14(20)21/h19H,3-13H2,1-2H3,(H2,16,17,18). The first-order valence-electron chi connectivity index (χ1n) is 8.75. The molecule has 1 amide bonds. The third-order valence-electron chi connectivity index (χ3n) is 3.72. The SMILES string of the molecule is CCNC(=NCCCN1CCCC1=O)NCCCNS(=O)(=O)CC. The van der Waals surface area contributed by atoms with Gasteiger partial charge in [0.25, 0.3) is 0 Å². The van der Waals surface area contributed by atoms with E-state index < -0.39 is 10.0 Å². The monoisotopic (exact) mass is 361 g/mol. The molecule has 8 nitrogen and oxygen atoms in total. The molecule has 1 fully saturated rings. The van der Waals surface area contributed by atoms with Gasteiger partial charge < -0.3 is 15.5 Å². The van der Waals surface area contributed by atoms with Crippen molar-refractivity contribution in [2.24, 2.45) is 4.99 Å². The zero-order valence-electron chi connectivity index (χ0n) is 14.8. The number of likely N-dealkylation sites (tertiary alicyclic amines) is 1. The van der Waals surface area contributed by atoms with Crippen LogP contribution in [0, 0.1) is 0 Å². The molecule has 0 bridgehead atoms. The molecule has 0 saturated carbocycles. The second kappa shape index (κ2) is 11.2. The number of aliphatic imine (C=N–C) groups is 1. The van der Waals surface area contributed by atoms with Gasteiger partial charge in [-0.25, -0.2) is 13.1 Å². The number of nitrogens with one attached hydrogen (secondary N) is 3. The van der Waals surface area contributed by atoms with Crippen LogP contribution in [-0.4, -0.2) is 70.2 Å². The summed E-state index contributed by atoms with van der Waals surface area (Å²) in [5, 5.41) is 6.34. The average Bonchev–Trinajstić information content (AvgIpc) is 2.96. The highest BCUT2D eigenvalue weighted by molar-refractivity contribution is 7.89. The van der Waals surface area contributed by atoms with Crippen LogP contribution in [0.25, 0.3) is 0 Å². The summed E-state index contributed by atoms with van der Waals surface area (Å²) in [6, 6.07) is 0. The number of amides is 1. The molecule has 0 aromatic carbocycles. The topological polar surface area (TPSA) is 103 Å². The predicted octanol–water partition coefficient (Wildman–Crippen LogP) is -0.117. The molecule has 1 aliphatic rings. The maximum atomic E-state index is 11.5. The molecule has 3 N–H and O–H groups in total.